The zero-order valence-electron chi connectivity index (χ0n) is 15.0. The van der Waals surface area contributed by atoms with Gasteiger partial charge in [0.05, 0.1) is 0 Å². The highest BCUT2D eigenvalue weighted by molar-refractivity contribution is 6.07. The van der Waals surface area contributed by atoms with E-state index < -0.39 is 0 Å². The van der Waals surface area contributed by atoms with Gasteiger partial charge in [-0.2, -0.15) is 0 Å². The van der Waals surface area contributed by atoms with Crippen molar-refractivity contribution >= 4 is 45.1 Å². The molecular weight excluding hydrogens is 322 g/mol. The van der Waals surface area contributed by atoms with Gasteiger partial charge in [-0.15, -0.1) is 0 Å². The first-order valence-corrected chi connectivity index (χ1v) is 8.76. The van der Waals surface area contributed by atoms with Crippen molar-refractivity contribution in [3.05, 3.63) is 60.8 Å². The van der Waals surface area contributed by atoms with E-state index in [-0.39, 0.29) is 5.54 Å². The van der Waals surface area contributed by atoms with Crippen molar-refractivity contribution in [3.8, 4) is 0 Å². The molecule has 4 nitrogen and oxygen atoms in total. The highest BCUT2D eigenvalue weighted by Crippen LogP contribution is 2.40. The Morgan fingerprint density at radius 2 is 1.58 bits per heavy atom. The Morgan fingerprint density at radius 1 is 0.846 bits per heavy atom. The molecule has 0 spiro atoms. The van der Waals surface area contributed by atoms with Gasteiger partial charge in [0.1, 0.15) is 0 Å². The number of nitrogens with zero attached hydrogens (tertiary/aromatic N) is 3. The van der Waals surface area contributed by atoms with Crippen LogP contribution in [0.2, 0.25) is 0 Å². The number of fused-ring (bicyclic) bond motifs is 4. The Bertz CT molecular complexity index is 1250. The molecule has 0 N–H and O–H groups in total. The molecule has 0 saturated carbocycles. The van der Waals surface area contributed by atoms with E-state index in [1.807, 2.05) is 12.1 Å². The van der Waals surface area contributed by atoms with Crippen LogP contribution in [0.1, 0.15) is 20.8 Å². The summed E-state index contributed by atoms with van der Waals surface area (Å²) in [6.07, 6.45) is 1.76. The first kappa shape index (κ1) is 15.1. The lowest BCUT2D eigenvalue weighted by Crippen LogP contribution is -2.27. The number of hydrogen-bond donors (Lipinski definition) is 0. The minimum absolute atomic E-state index is 0.0752. The molecule has 2 aromatic heterocycles. The van der Waals surface area contributed by atoms with Crippen LogP contribution < -0.4 is 4.58 Å². The number of benzene rings is 2. The van der Waals surface area contributed by atoms with Gasteiger partial charge in [-0.25, -0.2) is 4.98 Å². The second-order valence-electron chi connectivity index (χ2n) is 7.54. The molecule has 126 valence electrons. The maximum absolute atomic E-state index is 6.12. The highest BCUT2D eigenvalue weighted by Gasteiger charge is 2.42. The molecule has 4 aromatic rings. The third kappa shape index (κ3) is 2.06. The van der Waals surface area contributed by atoms with Gasteiger partial charge in [0, 0.05) is 55.9 Å². The van der Waals surface area contributed by atoms with Crippen LogP contribution >= 0.6 is 0 Å². The Balaban J connectivity index is 1.87. The predicted octanol–water partition coefficient (Wildman–Crippen LogP) is 5.45. The fraction of sp³-hybridized carbons (Fsp3) is 0.182. The number of furan rings is 1. The van der Waals surface area contributed by atoms with Crippen molar-refractivity contribution in [1.29, 1.82) is 0 Å². The summed E-state index contributed by atoms with van der Waals surface area (Å²) in [4.78, 5) is 4.37. The molecule has 0 bridgehead atoms. The van der Waals surface area contributed by atoms with Crippen LogP contribution in [-0.4, -0.2) is 21.1 Å². The molecule has 1 aliphatic heterocycles. The lowest BCUT2D eigenvalue weighted by atomic mass is 10.1. The van der Waals surface area contributed by atoms with E-state index in [0.717, 1.165) is 33.4 Å². The summed E-state index contributed by atoms with van der Waals surface area (Å²) in [7, 11) is 0. The SMILES string of the molecule is CC(C)(C)[N+]1=C=[N+](c2cccc3c2oc2ncccc23)c2ccccc21. The van der Waals surface area contributed by atoms with E-state index in [4.69, 9.17) is 4.42 Å². The van der Waals surface area contributed by atoms with Crippen LogP contribution in [0.25, 0.3) is 22.1 Å². The maximum Gasteiger partial charge on any atom is 0.497 e. The molecule has 0 aliphatic carbocycles. The molecule has 4 heteroatoms. The number of pyridine rings is 1. The third-order valence-electron chi connectivity index (χ3n) is 4.73. The van der Waals surface area contributed by atoms with Crippen LogP contribution in [0.3, 0.4) is 0 Å². The Kier molecular flexibility index (Phi) is 2.97. The Labute approximate surface area is 151 Å². The molecule has 2 aromatic carbocycles. The predicted molar refractivity (Wildman–Crippen MR) is 104 cm³/mol. The summed E-state index contributed by atoms with van der Waals surface area (Å²) in [5.41, 5.74) is 4.64. The van der Waals surface area contributed by atoms with Crippen molar-refractivity contribution in [2.45, 2.75) is 26.3 Å². The fourth-order valence-corrected chi connectivity index (χ4v) is 3.54. The van der Waals surface area contributed by atoms with E-state index in [0.29, 0.717) is 5.71 Å². The van der Waals surface area contributed by atoms with Crippen molar-refractivity contribution in [2.24, 2.45) is 0 Å². The lowest BCUT2D eigenvalue weighted by Gasteiger charge is -2.09. The number of para-hydroxylation sites is 3. The van der Waals surface area contributed by atoms with E-state index in [2.05, 4.69) is 83.4 Å². The minimum atomic E-state index is -0.0752. The number of rotatable bonds is 1. The molecule has 0 fully saturated rings. The summed E-state index contributed by atoms with van der Waals surface area (Å²) >= 11 is 0. The van der Waals surface area contributed by atoms with Crippen molar-refractivity contribution in [1.82, 2.24) is 9.56 Å². The first-order chi connectivity index (χ1) is 12.5. The normalized spacial score (nSPS) is 13.8. The molecule has 26 heavy (non-hydrogen) atoms. The van der Waals surface area contributed by atoms with Crippen LogP contribution in [0.15, 0.2) is 65.2 Å². The van der Waals surface area contributed by atoms with Crippen LogP contribution in [0, 0.1) is 0 Å². The zero-order valence-corrected chi connectivity index (χ0v) is 15.0. The van der Waals surface area contributed by atoms with Gasteiger partial charge in [0.25, 0.3) is 17.1 Å². The van der Waals surface area contributed by atoms with E-state index in [1.54, 1.807) is 6.20 Å². The summed E-state index contributed by atoms with van der Waals surface area (Å²) in [6, 6.07) is 22.1. The first-order valence-electron chi connectivity index (χ1n) is 8.76. The van der Waals surface area contributed by atoms with Crippen molar-refractivity contribution in [2.75, 3.05) is 0 Å². The molecular formula is C22H19N3O+2. The average molecular weight is 341 g/mol. The second-order valence-corrected chi connectivity index (χ2v) is 7.54. The summed E-state index contributed by atoms with van der Waals surface area (Å²) in [5.74, 6) is 0. The number of aromatic nitrogens is 1. The summed E-state index contributed by atoms with van der Waals surface area (Å²) in [6.45, 7) is 6.56. The quantitative estimate of drug-likeness (QED) is 0.431. The Hall–Kier alpha value is -3.23. The van der Waals surface area contributed by atoms with Gasteiger partial charge in [0.15, 0.2) is 5.54 Å². The largest absolute Gasteiger partial charge is 0.497 e. The van der Waals surface area contributed by atoms with Gasteiger partial charge < -0.3 is 4.42 Å². The second kappa shape index (κ2) is 5.13. The molecule has 1 aliphatic rings. The molecule has 0 radical (unpaired) electrons. The minimum Gasteiger partial charge on any atom is -0.431 e. The zero-order chi connectivity index (χ0) is 17.9. The molecule has 5 rings (SSSR count). The van der Waals surface area contributed by atoms with Gasteiger partial charge in [-0.05, 0) is 22.8 Å². The molecule has 0 saturated heterocycles. The van der Waals surface area contributed by atoms with Crippen molar-refractivity contribution in [3.63, 3.8) is 0 Å². The van der Waals surface area contributed by atoms with E-state index >= 15 is 0 Å². The van der Waals surface area contributed by atoms with Crippen molar-refractivity contribution < 1.29 is 8.99 Å². The fourth-order valence-electron chi connectivity index (χ4n) is 3.54. The molecule has 0 atom stereocenters. The smallest absolute Gasteiger partial charge is 0.431 e. The molecule has 0 amide bonds. The number of hydrogen-bond acceptors (Lipinski definition) is 2. The van der Waals surface area contributed by atoms with Gasteiger partial charge in [0.2, 0.25) is 11.3 Å². The standard InChI is InChI=1S/C22H19N3O/c1-22(2,3)25-14-24(17-10-4-5-11-18(17)25)19-12-6-8-15-16-9-7-13-23-21(16)26-20(15)19/h4-13H,1-3H3/q+2. The van der Waals surface area contributed by atoms with Gasteiger partial charge in [-0.3, -0.25) is 0 Å². The average Bonchev–Trinajstić information content (AvgIpc) is 3.20. The highest BCUT2D eigenvalue weighted by atomic mass is 16.3. The van der Waals surface area contributed by atoms with Crippen LogP contribution in [-0.2, 0) is 0 Å². The topological polar surface area (TPSA) is 32.0 Å². The molecule has 3 heterocycles. The van der Waals surface area contributed by atoms with Crippen LogP contribution in [0.4, 0.5) is 17.1 Å². The van der Waals surface area contributed by atoms with E-state index in [9.17, 15) is 0 Å². The van der Waals surface area contributed by atoms with Crippen LogP contribution in [0.5, 0.6) is 0 Å². The molecule has 0 unspecified atom stereocenters. The third-order valence-corrected chi connectivity index (χ3v) is 4.73. The lowest BCUT2D eigenvalue weighted by molar-refractivity contribution is -0.511. The van der Waals surface area contributed by atoms with E-state index in [1.165, 1.54) is 0 Å². The van der Waals surface area contributed by atoms with Gasteiger partial charge >= 0.3 is 6.01 Å². The Morgan fingerprint density at radius 3 is 2.38 bits per heavy atom. The summed E-state index contributed by atoms with van der Waals surface area (Å²) < 4.78 is 10.4. The maximum atomic E-state index is 6.12. The summed E-state index contributed by atoms with van der Waals surface area (Å²) in [5, 5.41) is 2.10. The van der Waals surface area contributed by atoms with Gasteiger partial charge in [-0.1, -0.05) is 22.8 Å². The monoisotopic (exact) mass is 341 g/mol.